The number of esters is 1. The van der Waals surface area contributed by atoms with Crippen molar-refractivity contribution in [3.05, 3.63) is 92.5 Å². The minimum Gasteiger partial charge on any atom is -0.493 e. The molecule has 1 aliphatic rings. The maximum absolute atomic E-state index is 13.5. The molecule has 2 aromatic carbocycles. The summed E-state index contributed by atoms with van der Waals surface area (Å²) in [6, 6.07) is 13.1. The van der Waals surface area contributed by atoms with Crippen LogP contribution in [0.1, 0.15) is 24.0 Å². The molecule has 2 heterocycles. The Kier molecular flexibility index (Phi) is 10.4. The van der Waals surface area contributed by atoms with E-state index >= 15 is 0 Å². The molecule has 1 aliphatic heterocycles. The first kappa shape index (κ1) is 32.2. The van der Waals surface area contributed by atoms with Crippen LogP contribution in [0.3, 0.4) is 0 Å². The maximum atomic E-state index is 13.5. The van der Waals surface area contributed by atoms with Gasteiger partial charge in [-0.2, -0.15) is 0 Å². The number of hydrogen-bond acceptors (Lipinski definition) is 8. The van der Waals surface area contributed by atoms with E-state index in [1.54, 1.807) is 39.3 Å². The molecule has 0 saturated heterocycles. The number of furan rings is 1. The van der Waals surface area contributed by atoms with Gasteiger partial charge in [0.05, 0.1) is 49.1 Å². The van der Waals surface area contributed by atoms with E-state index in [9.17, 15) is 19.2 Å². The predicted molar refractivity (Wildman–Crippen MR) is 163 cm³/mol. The van der Waals surface area contributed by atoms with Crippen LogP contribution < -0.4 is 20.1 Å². The number of halogens is 2. The minimum atomic E-state index is -0.912. The van der Waals surface area contributed by atoms with Crippen molar-refractivity contribution in [3.8, 4) is 11.5 Å². The van der Waals surface area contributed by atoms with Gasteiger partial charge in [-0.05, 0) is 67.4 Å². The van der Waals surface area contributed by atoms with Gasteiger partial charge in [0.25, 0.3) is 5.91 Å². The third-order valence-electron chi connectivity index (χ3n) is 6.75. The zero-order valence-corrected chi connectivity index (χ0v) is 25.8. The number of nitrogens with one attached hydrogen (secondary N) is 2. The Labute approximate surface area is 263 Å². The average Bonchev–Trinajstić information content (AvgIpc) is 3.56. The highest BCUT2D eigenvalue weighted by molar-refractivity contribution is 6.43. The van der Waals surface area contributed by atoms with Gasteiger partial charge in [0.1, 0.15) is 11.5 Å². The zero-order valence-electron chi connectivity index (χ0n) is 24.3. The minimum absolute atomic E-state index is 0.104. The lowest BCUT2D eigenvalue weighted by atomic mass is 10.1. The summed E-state index contributed by atoms with van der Waals surface area (Å²) in [5, 5.41) is 5.42. The van der Waals surface area contributed by atoms with Crippen molar-refractivity contribution in [1.29, 1.82) is 0 Å². The second-order valence-corrected chi connectivity index (χ2v) is 10.3. The molecule has 13 heteroatoms. The van der Waals surface area contributed by atoms with Crippen molar-refractivity contribution in [2.45, 2.75) is 19.9 Å². The monoisotopic (exact) mass is 641 g/mol. The first-order chi connectivity index (χ1) is 21.1. The van der Waals surface area contributed by atoms with E-state index in [1.807, 2.05) is 12.1 Å². The standard InChI is InChI=1S/C31H29Cl2N3O8/c1-17-27(31(40)43-4)22(30(39)36(17)12-11-18-5-10-25(41-2)26(13-18)42-3)15-20-7-8-21(44-20)16-34-28(37)29(38)35-19-6-9-23(32)24(33)14-19/h5-10,13-15H,11-12,16H2,1-4H3,(H,34,37)(H,35,38)/b22-15+. The Morgan fingerprint density at radius 2 is 1.68 bits per heavy atom. The first-order valence-electron chi connectivity index (χ1n) is 13.2. The lowest BCUT2D eigenvalue weighted by Crippen LogP contribution is -2.34. The van der Waals surface area contributed by atoms with Crippen molar-refractivity contribution in [2.24, 2.45) is 0 Å². The molecule has 44 heavy (non-hydrogen) atoms. The molecule has 0 unspecified atom stereocenters. The molecule has 0 radical (unpaired) electrons. The first-order valence-corrected chi connectivity index (χ1v) is 14.0. The van der Waals surface area contributed by atoms with Crippen LogP contribution in [0.2, 0.25) is 10.0 Å². The van der Waals surface area contributed by atoms with Crippen molar-refractivity contribution < 1.29 is 37.8 Å². The molecule has 0 saturated carbocycles. The van der Waals surface area contributed by atoms with Crippen LogP contribution in [0.25, 0.3) is 6.08 Å². The summed E-state index contributed by atoms with van der Waals surface area (Å²) in [6.07, 6.45) is 1.92. The number of amides is 3. The fraction of sp³-hybridized carbons (Fsp3) is 0.226. The largest absolute Gasteiger partial charge is 0.493 e. The Hall–Kier alpha value is -4.74. The quantitative estimate of drug-likeness (QED) is 0.183. The number of allylic oxidation sites excluding steroid dienone is 1. The molecular weight excluding hydrogens is 613 g/mol. The van der Waals surface area contributed by atoms with Gasteiger partial charge < -0.3 is 34.2 Å². The van der Waals surface area contributed by atoms with Gasteiger partial charge in [-0.1, -0.05) is 29.3 Å². The van der Waals surface area contributed by atoms with E-state index in [4.69, 9.17) is 41.8 Å². The number of hydrogen-bond donors (Lipinski definition) is 2. The molecule has 0 fully saturated rings. The highest BCUT2D eigenvalue weighted by Gasteiger charge is 2.37. The maximum Gasteiger partial charge on any atom is 0.340 e. The van der Waals surface area contributed by atoms with E-state index in [2.05, 4.69) is 10.6 Å². The van der Waals surface area contributed by atoms with Crippen LogP contribution in [-0.2, 0) is 36.9 Å². The lowest BCUT2D eigenvalue weighted by Gasteiger charge is -2.18. The fourth-order valence-electron chi connectivity index (χ4n) is 4.49. The Morgan fingerprint density at radius 1 is 0.932 bits per heavy atom. The molecule has 230 valence electrons. The molecule has 2 N–H and O–H groups in total. The van der Waals surface area contributed by atoms with Crippen molar-refractivity contribution in [1.82, 2.24) is 10.2 Å². The molecule has 3 aromatic rings. The number of anilines is 1. The molecule has 3 amide bonds. The van der Waals surface area contributed by atoms with Crippen LogP contribution in [0.15, 0.2) is 69.8 Å². The Balaban J connectivity index is 1.44. The van der Waals surface area contributed by atoms with Gasteiger partial charge in [0.15, 0.2) is 11.5 Å². The SMILES string of the molecule is COC(=O)C1=C(C)N(CCc2ccc(OC)c(OC)c2)C(=O)/C1=C/c1ccc(CNC(=O)C(=O)Nc2ccc(Cl)c(Cl)c2)o1. The van der Waals surface area contributed by atoms with Gasteiger partial charge in [-0.3, -0.25) is 14.4 Å². The number of carbonyl (C=O) groups excluding carboxylic acids is 4. The summed E-state index contributed by atoms with van der Waals surface area (Å²) < 4.78 is 21.4. The summed E-state index contributed by atoms with van der Waals surface area (Å²) in [7, 11) is 4.33. The van der Waals surface area contributed by atoms with Gasteiger partial charge in [-0.15, -0.1) is 0 Å². The number of benzene rings is 2. The normalized spacial score (nSPS) is 13.7. The van der Waals surface area contributed by atoms with Gasteiger partial charge in [0.2, 0.25) is 0 Å². The third kappa shape index (κ3) is 7.24. The van der Waals surface area contributed by atoms with Crippen LogP contribution >= 0.6 is 23.2 Å². The van der Waals surface area contributed by atoms with E-state index in [-0.39, 0.29) is 35.0 Å². The van der Waals surface area contributed by atoms with E-state index in [1.165, 1.54) is 36.3 Å². The number of ether oxygens (including phenoxy) is 3. The van der Waals surface area contributed by atoms with Crippen LogP contribution in [-0.4, -0.2) is 56.5 Å². The third-order valence-corrected chi connectivity index (χ3v) is 7.49. The zero-order chi connectivity index (χ0) is 32.0. The molecule has 1 aromatic heterocycles. The van der Waals surface area contributed by atoms with Crippen molar-refractivity contribution in [2.75, 3.05) is 33.2 Å². The van der Waals surface area contributed by atoms with Crippen LogP contribution in [0.4, 0.5) is 5.69 Å². The second kappa shape index (κ2) is 14.2. The molecule has 0 aliphatic carbocycles. The van der Waals surface area contributed by atoms with Gasteiger partial charge in [0, 0.05) is 17.9 Å². The number of methoxy groups -OCH3 is 3. The number of nitrogens with zero attached hydrogens (tertiary/aromatic N) is 1. The van der Waals surface area contributed by atoms with Crippen LogP contribution in [0, 0.1) is 0 Å². The van der Waals surface area contributed by atoms with E-state index in [0.717, 1.165) is 5.56 Å². The second-order valence-electron chi connectivity index (χ2n) is 9.48. The molecule has 0 atom stereocenters. The number of rotatable bonds is 10. The molecule has 4 rings (SSSR count). The lowest BCUT2D eigenvalue weighted by molar-refractivity contribution is -0.136. The summed E-state index contributed by atoms with van der Waals surface area (Å²) in [6.45, 7) is 1.85. The van der Waals surface area contributed by atoms with Gasteiger partial charge >= 0.3 is 17.8 Å². The highest BCUT2D eigenvalue weighted by Crippen LogP contribution is 2.33. The fourth-order valence-corrected chi connectivity index (χ4v) is 4.79. The summed E-state index contributed by atoms with van der Waals surface area (Å²) in [5.41, 5.74) is 1.88. The summed E-state index contributed by atoms with van der Waals surface area (Å²) in [5.74, 6) is -1.15. The smallest absolute Gasteiger partial charge is 0.340 e. The average molecular weight is 642 g/mol. The molecule has 0 bridgehead atoms. The van der Waals surface area contributed by atoms with Crippen molar-refractivity contribution in [3.63, 3.8) is 0 Å². The van der Waals surface area contributed by atoms with Gasteiger partial charge in [-0.25, -0.2) is 4.79 Å². The Bertz CT molecular complexity index is 1680. The van der Waals surface area contributed by atoms with E-state index in [0.29, 0.717) is 40.1 Å². The van der Waals surface area contributed by atoms with Crippen LogP contribution in [0.5, 0.6) is 11.5 Å². The molecular formula is C31H29Cl2N3O8. The van der Waals surface area contributed by atoms with E-state index < -0.39 is 23.7 Å². The molecule has 11 nitrogen and oxygen atoms in total. The predicted octanol–water partition coefficient (Wildman–Crippen LogP) is 4.77. The molecule has 0 spiro atoms. The summed E-state index contributed by atoms with van der Waals surface area (Å²) >= 11 is 11.8. The Morgan fingerprint density at radius 3 is 2.36 bits per heavy atom. The van der Waals surface area contributed by atoms with Crippen molar-refractivity contribution >= 4 is 58.7 Å². The highest BCUT2D eigenvalue weighted by atomic mass is 35.5. The number of carbonyl (C=O) groups is 4. The summed E-state index contributed by atoms with van der Waals surface area (Å²) in [4.78, 5) is 52.2. The topological polar surface area (TPSA) is 136 Å².